The van der Waals surface area contributed by atoms with Gasteiger partial charge >= 0.3 is 0 Å². The fourth-order valence-corrected chi connectivity index (χ4v) is 4.30. The molecular formula is C25H21N3O3S. The van der Waals surface area contributed by atoms with Crippen molar-refractivity contribution in [3.05, 3.63) is 72.3 Å². The third kappa shape index (κ3) is 4.38. The first kappa shape index (κ1) is 20.3. The smallest absolute Gasteiger partial charge is 0.234 e. The van der Waals surface area contributed by atoms with Gasteiger partial charge in [-0.25, -0.2) is 9.97 Å². The number of thioether (sulfide) groups is 1. The van der Waals surface area contributed by atoms with Gasteiger partial charge < -0.3 is 14.8 Å². The molecule has 32 heavy (non-hydrogen) atoms. The summed E-state index contributed by atoms with van der Waals surface area (Å²) in [4.78, 5) is 22.2. The number of nitrogens with one attached hydrogen (secondary N) is 1. The summed E-state index contributed by atoms with van der Waals surface area (Å²) in [5.74, 6) is 2.10. The summed E-state index contributed by atoms with van der Waals surface area (Å²) in [6.45, 7) is 3.07. The number of hydrogen-bond acceptors (Lipinski definition) is 6. The molecule has 0 saturated carbocycles. The molecule has 0 radical (unpaired) electrons. The summed E-state index contributed by atoms with van der Waals surface area (Å²) in [6, 6.07) is 21.4. The number of ether oxygens (including phenoxy) is 2. The summed E-state index contributed by atoms with van der Waals surface area (Å²) in [6.07, 6.45) is 0. The van der Waals surface area contributed by atoms with Crippen LogP contribution >= 0.6 is 11.8 Å². The maximum absolute atomic E-state index is 12.7. The zero-order chi connectivity index (χ0) is 21.9. The maximum atomic E-state index is 12.7. The highest BCUT2D eigenvalue weighted by Crippen LogP contribution is 2.33. The SMILES string of the molecule is Cc1ccc2nc(-c3ccccc3)nc(SCC(=O)Nc3ccc4c(c3)OCCO4)c2c1. The number of benzene rings is 3. The molecule has 2 heterocycles. The van der Waals surface area contributed by atoms with Gasteiger partial charge in [-0.05, 0) is 31.2 Å². The van der Waals surface area contributed by atoms with Crippen molar-refractivity contribution >= 4 is 34.3 Å². The number of aromatic nitrogens is 2. The van der Waals surface area contributed by atoms with Crippen molar-refractivity contribution in [2.45, 2.75) is 11.9 Å². The summed E-state index contributed by atoms with van der Waals surface area (Å²) in [5, 5.41) is 4.66. The first-order valence-electron chi connectivity index (χ1n) is 10.3. The average Bonchev–Trinajstić information content (AvgIpc) is 2.83. The number of carbonyl (C=O) groups is 1. The van der Waals surface area contributed by atoms with E-state index in [1.54, 1.807) is 6.07 Å². The molecule has 1 aliphatic heterocycles. The Hall–Kier alpha value is -3.58. The van der Waals surface area contributed by atoms with Crippen LogP contribution in [0.2, 0.25) is 0 Å². The fraction of sp³-hybridized carbons (Fsp3) is 0.160. The Morgan fingerprint density at radius 3 is 2.62 bits per heavy atom. The molecule has 4 aromatic rings. The maximum Gasteiger partial charge on any atom is 0.234 e. The first-order valence-corrected chi connectivity index (χ1v) is 11.3. The van der Waals surface area contributed by atoms with E-state index in [9.17, 15) is 4.79 Å². The molecule has 1 aliphatic rings. The molecule has 0 aliphatic carbocycles. The summed E-state index contributed by atoms with van der Waals surface area (Å²) in [7, 11) is 0. The highest BCUT2D eigenvalue weighted by atomic mass is 32.2. The molecule has 0 atom stereocenters. The second kappa shape index (κ2) is 8.88. The molecular weight excluding hydrogens is 422 g/mol. The van der Waals surface area contributed by atoms with Crippen LogP contribution in [0.4, 0.5) is 5.69 Å². The van der Waals surface area contributed by atoms with Crippen LogP contribution in [0.25, 0.3) is 22.3 Å². The van der Waals surface area contributed by atoms with E-state index in [0.717, 1.165) is 27.1 Å². The van der Waals surface area contributed by atoms with Gasteiger partial charge in [0, 0.05) is 22.7 Å². The Morgan fingerprint density at radius 1 is 0.969 bits per heavy atom. The van der Waals surface area contributed by atoms with E-state index in [0.29, 0.717) is 36.2 Å². The van der Waals surface area contributed by atoms with E-state index >= 15 is 0 Å². The van der Waals surface area contributed by atoms with Crippen LogP contribution in [0.1, 0.15) is 5.56 Å². The zero-order valence-corrected chi connectivity index (χ0v) is 18.3. The summed E-state index contributed by atoms with van der Waals surface area (Å²) in [5.41, 5.74) is 3.60. The number of carbonyl (C=O) groups excluding carboxylic acids is 1. The van der Waals surface area contributed by atoms with Crippen molar-refractivity contribution in [3.8, 4) is 22.9 Å². The average molecular weight is 444 g/mol. The number of anilines is 1. The van der Waals surface area contributed by atoms with E-state index in [1.807, 2.05) is 61.5 Å². The minimum Gasteiger partial charge on any atom is -0.486 e. The molecule has 0 saturated heterocycles. The Labute approximate surface area is 190 Å². The quantitative estimate of drug-likeness (QED) is 0.341. The van der Waals surface area contributed by atoms with Crippen LogP contribution in [-0.4, -0.2) is 34.8 Å². The summed E-state index contributed by atoms with van der Waals surface area (Å²) < 4.78 is 11.1. The number of fused-ring (bicyclic) bond motifs is 2. The van der Waals surface area contributed by atoms with Crippen LogP contribution < -0.4 is 14.8 Å². The lowest BCUT2D eigenvalue weighted by Gasteiger charge is -2.19. The van der Waals surface area contributed by atoms with E-state index in [2.05, 4.69) is 11.4 Å². The van der Waals surface area contributed by atoms with Crippen LogP contribution in [0.3, 0.4) is 0 Å². The van der Waals surface area contributed by atoms with E-state index < -0.39 is 0 Å². The van der Waals surface area contributed by atoms with Crippen molar-refractivity contribution in [3.63, 3.8) is 0 Å². The highest BCUT2D eigenvalue weighted by molar-refractivity contribution is 8.00. The van der Waals surface area contributed by atoms with Crippen molar-refractivity contribution < 1.29 is 14.3 Å². The van der Waals surface area contributed by atoms with Gasteiger partial charge in [0.15, 0.2) is 17.3 Å². The van der Waals surface area contributed by atoms with Gasteiger partial charge in [0.2, 0.25) is 5.91 Å². The molecule has 5 rings (SSSR count). The largest absolute Gasteiger partial charge is 0.486 e. The molecule has 1 N–H and O–H groups in total. The van der Waals surface area contributed by atoms with Crippen molar-refractivity contribution in [2.24, 2.45) is 0 Å². The van der Waals surface area contributed by atoms with Crippen LogP contribution in [-0.2, 0) is 4.79 Å². The third-order valence-corrected chi connectivity index (χ3v) is 6.01. The van der Waals surface area contributed by atoms with Crippen LogP contribution in [0.5, 0.6) is 11.5 Å². The van der Waals surface area contributed by atoms with Crippen LogP contribution in [0, 0.1) is 6.92 Å². The summed E-state index contributed by atoms with van der Waals surface area (Å²) >= 11 is 1.40. The lowest BCUT2D eigenvalue weighted by Crippen LogP contribution is -2.17. The Bertz CT molecular complexity index is 1290. The van der Waals surface area contributed by atoms with Crippen LogP contribution in [0.15, 0.2) is 71.8 Å². The van der Waals surface area contributed by atoms with Crippen molar-refractivity contribution in [2.75, 3.05) is 24.3 Å². The Balaban J connectivity index is 1.37. The molecule has 0 unspecified atom stereocenters. The monoisotopic (exact) mass is 443 g/mol. The molecule has 0 fully saturated rings. The topological polar surface area (TPSA) is 73.3 Å². The first-order chi connectivity index (χ1) is 15.7. The minimum absolute atomic E-state index is 0.118. The predicted molar refractivity (Wildman–Crippen MR) is 126 cm³/mol. The number of hydrogen-bond donors (Lipinski definition) is 1. The number of nitrogens with zero attached hydrogens (tertiary/aromatic N) is 2. The fourth-order valence-electron chi connectivity index (χ4n) is 3.49. The number of amides is 1. The molecule has 6 nitrogen and oxygen atoms in total. The third-order valence-electron chi connectivity index (χ3n) is 5.01. The highest BCUT2D eigenvalue weighted by Gasteiger charge is 2.15. The molecule has 7 heteroatoms. The lowest BCUT2D eigenvalue weighted by atomic mass is 10.1. The van der Waals surface area contributed by atoms with E-state index in [-0.39, 0.29) is 11.7 Å². The Morgan fingerprint density at radius 2 is 1.78 bits per heavy atom. The molecule has 0 bridgehead atoms. The minimum atomic E-state index is -0.118. The van der Waals surface area contributed by atoms with Gasteiger partial charge in [0.05, 0.1) is 11.3 Å². The van der Waals surface area contributed by atoms with Crippen molar-refractivity contribution in [1.82, 2.24) is 9.97 Å². The van der Waals surface area contributed by atoms with E-state index in [4.69, 9.17) is 19.4 Å². The lowest BCUT2D eigenvalue weighted by molar-refractivity contribution is -0.113. The van der Waals surface area contributed by atoms with Gasteiger partial charge in [0.1, 0.15) is 18.2 Å². The normalized spacial score (nSPS) is 12.5. The standard InChI is InChI=1S/C25H21N3O3S/c1-16-7-9-20-19(13-16)25(28-24(27-20)17-5-3-2-4-6-17)32-15-23(29)26-18-8-10-21-22(14-18)31-12-11-30-21/h2-10,13-14H,11-12,15H2,1H3,(H,26,29). The van der Waals surface area contributed by atoms with E-state index in [1.165, 1.54) is 11.8 Å². The van der Waals surface area contributed by atoms with Gasteiger partial charge in [0.25, 0.3) is 0 Å². The predicted octanol–water partition coefficient (Wildman–Crippen LogP) is 5.11. The number of rotatable bonds is 5. The Kier molecular flexibility index (Phi) is 5.64. The van der Waals surface area contributed by atoms with Gasteiger partial charge in [-0.1, -0.05) is 53.7 Å². The zero-order valence-electron chi connectivity index (χ0n) is 17.5. The molecule has 1 amide bonds. The van der Waals surface area contributed by atoms with Crippen molar-refractivity contribution in [1.29, 1.82) is 0 Å². The van der Waals surface area contributed by atoms with Gasteiger partial charge in [-0.3, -0.25) is 4.79 Å². The van der Waals surface area contributed by atoms with Gasteiger partial charge in [-0.2, -0.15) is 0 Å². The molecule has 160 valence electrons. The molecule has 0 spiro atoms. The van der Waals surface area contributed by atoms with Gasteiger partial charge in [-0.15, -0.1) is 0 Å². The molecule has 1 aromatic heterocycles. The molecule has 3 aromatic carbocycles. The second-order valence-corrected chi connectivity index (χ2v) is 8.40. The second-order valence-electron chi connectivity index (χ2n) is 7.43. The number of aryl methyl sites for hydroxylation is 1.